The summed E-state index contributed by atoms with van der Waals surface area (Å²) in [5, 5.41) is 8.06. The smallest absolute Gasteiger partial charge is 0.159 e. The number of aliphatic imine (C=N–C) groups is 2. The van der Waals surface area contributed by atoms with Crippen molar-refractivity contribution in [2.75, 3.05) is 0 Å². The minimum atomic E-state index is -0.336. The van der Waals surface area contributed by atoms with Crippen LogP contribution >= 0.6 is 0 Å². The fraction of sp³-hybridized carbons (Fsp3) is 0.145. The van der Waals surface area contributed by atoms with Gasteiger partial charge in [0, 0.05) is 33.8 Å². The number of nitrogens with zero attached hydrogens (tertiary/aromatic N) is 3. The number of rotatable bonds is 11. The van der Waals surface area contributed by atoms with Crippen LogP contribution < -0.4 is 5.32 Å². The Morgan fingerprint density at radius 3 is 2.22 bits per heavy atom. The highest BCUT2D eigenvalue weighted by atomic mass is 15.2. The lowest BCUT2D eigenvalue weighted by molar-refractivity contribution is 0.674. The summed E-state index contributed by atoms with van der Waals surface area (Å²) in [6, 6.07) is 36.0. The normalized spacial score (nSPS) is 15.0. The Labute approximate surface area is 349 Å². The Kier molecular flexibility index (Phi) is 12.2. The number of hydrogen-bond donors (Lipinski definition) is 1. The summed E-state index contributed by atoms with van der Waals surface area (Å²) in [4.78, 5) is 15.4. The summed E-state index contributed by atoms with van der Waals surface area (Å²) in [7, 11) is 0. The molecule has 5 aromatic carbocycles. The van der Waals surface area contributed by atoms with Gasteiger partial charge >= 0.3 is 0 Å². The van der Waals surface area contributed by atoms with Gasteiger partial charge in [-0.1, -0.05) is 153 Å². The maximum absolute atomic E-state index is 6.14. The Morgan fingerprint density at radius 2 is 1.51 bits per heavy atom. The molecule has 1 atom stereocenters. The molecule has 4 nitrogen and oxygen atoms in total. The van der Waals surface area contributed by atoms with Crippen LogP contribution in [0.1, 0.15) is 79.7 Å². The van der Waals surface area contributed by atoms with Crippen LogP contribution in [-0.4, -0.2) is 16.7 Å². The van der Waals surface area contributed by atoms with E-state index in [-0.39, 0.29) is 6.17 Å². The first-order chi connectivity index (χ1) is 28.7. The average molecular weight is 767 g/mol. The second-order valence-corrected chi connectivity index (χ2v) is 15.1. The molecule has 6 aromatic rings. The van der Waals surface area contributed by atoms with E-state index in [9.17, 15) is 0 Å². The van der Waals surface area contributed by atoms with E-state index >= 15 is 0 Å². The van der Waals surface area contributed by atoms with E-state index in [0.29, 0.717) is 11.8 Å². The van der Waals surface area contributed by atoms with Crippen LogP contribution in [0.2, 0.25) is 0 Å². The van der Waals surface area contributed by atoms with E-state index in [1.54, 1.807) is 0 Å². The number of aromatic nitrogens is 1. The molecule has 59 heavy (non-hydrogen) atoms. The van der Waals surface area contributed by atoms with Gasteiger partial charge in [0.15, 0.2) is 5.84 Å². The average Bonchev–Trinajstić information content (AvgIpc) is 3.26. The number of nitrogens with one attached hydrogen (secondary N) is 1. The third-order valence-electron chi connectivity index (χ3n) is 10.5. The first-order valence-electron chi connectivity index (χ1n) is 20.2. The SMILES string of the molecule is C#Cc1c(/C=C\C)c(C(=C)/C=C\C(=C/C)c2cc(C3=NC(C(/C=C\C(C)C)=C/C)=NC(c4ccc(C)cc4)N3)cc(-c3cc4ccccc4cn3)c2)cc2ccccc12. The Hall–Kier alpha value is -7.09. The van der Waals surface area contributed by atoms with Gasteiger partial charge in [-0.15, -0.1) is 6.42 Å². The zero-order chi connectivity index (χ0) is 41.5. The van der Waals surface area contributed by atoms with E-state index in [0.717, 1.165) is 88.7 Å². The van der Waals surface area contributed by atoms with E-state index < -0.39 is 0 Å². The first-order valence-corrected chi connectivity index (χ1v) is 20.2. The van der Waals surface area contributed by atoms with Crippen molar-refractivity contribution in [3.8, 4) is 23.6 Å². The van der Waals surface area contributed by atoms with Crippen molar-refractivity contribution in [1.29, 1.82) is 0 Å². The number of allylic oxidation sites excluding steroid dienone is 8. The standard InChI is InChI=1S/C55H50N4/c1-9-17-50-48(12-4)49-21-16-15-19-43(49)33-51(50)38(8)25-29-39(10-2)45-30-46(52-34-42-18-13-14-20-44(42)35-56-52)32-47(31-45)55-58-53(40(11-3)26-22-36(5)6)57-54(59-55)41-27-23-37(7)24-28-41/h4,9-11,13-36,54H,8H2,1-3,5-7H3,(H,57,58,59)/b17-9-,26-22-,29-25-,39-10+,40-11+. The molecule has 290 valence electrons. The highest BCUT2D eigenvalue weighted by molar-refractivity contribution is 6.14. The number of hydrogen-bond acceptors (Lipinski definition) is 4. The van der Waals surface area contributed by atoms with Gasteiger partial charge in [0.2, 0.25) is 0 Å². The predicted octanol–water partition coefficient (Wildman–Crippen LogP) is 13.7. The van der Waals surface area contributed by atoms with Crippen molar-refractivity contribution in [2.24, 2.45) is 15.9 Å². The molecule has 0 aliphatic carbocycles. The second kappa shape index (κ2) is 18.0. The molecular weight excluding hydrogens is 717 g/mol. The van der Waals surface area contributed by atoms with Crippen LogP contribution in [-0.2, 0) is 0 Å². The van der Waals surface area contributed by atoms with Gasteiger partial charge in [-0.25, -0.2) is 9.98 Å². The molecule has 0 radical (unpaired) electrons. The topological polar surface area (TPSA) is 49.6 Å². The molecule has 0 saturated carbocycles. The number of benzene rings is 5. The van der Waals surface area contributed by atoms with Crippen molar-refractivity contribution >= 4 is 50.4 Å². The largest absolute Gasteiger partial charge is 0.344 e. The van der Waals surface area contributed by atoms with E-state index in [2.05, 4.69) is 173 Å². The molecule has 1 aliphatic rings. The molecular formula is C55H50N4. The van der Waals surface area contributed by atoms with Crippen molar-refractivity contribution in [1.82, 2.24) is 10.3 Å². The zero-order valence-electron chi connectivity index (χ0n) is 34.8. The number of aryl methyl sites for hydroxylation is 1. The third-order valence-corrected chi connectivity index (χ3v) is 10.5. The maximum atomic E-state index is 6.14. The van der Waals surface area contributed by atoms with Crippen molar-refractivity contribution < 1.29 is 0 Å². The van der Waals surface area contributed by atoms with Crippen LogP contribution in [0.5, 0.6) is 0 Å². The fourth-order valence-electron chi connectivity index (χ4n) is 7.32. The van der Waals surface area contributed by atoms with E-state index in [1.807, 2.05) is 44.3 Å². The van der Waals surface area contributed by atoms with Crippen molar-refractivity contribution in [3.05, 3.63) is 203 Å². The Bertz CT molecular complexity index is 2830. The Morgan fingerprint density at radius 1 is 0.797 bits per heavy atom. The molecule has 0 amide bonds. The van der Waals surface area contributed by atoms with Gasteiger partial charge in [-0.2, -0.15) is 0 Å². The minimum absolute atomic E-state index is 0.336. The second-order valence-electron chi connectivity index (χ2n) is 15.1. The molecule has 0 saturated heterocycles. The molecule has 1 aliphatic heterocycles. The van der Waals surface area contributed by atoms with E-state index in [1.165, 1.54) is 5.56 Å². The third kappa shape index (κ3) is 8.91. The summed E-state index contributed by atoms with van der Waals surface area (Å²) in [6.45, 7) is 17.1. The monoisotopic (exact) mass is 766 g/mol. The molecule has 7 rings (SSSR count). The highest BCUT2D eigenvalue weighted by Crippen LogP contribution is 2.33. The molecule has 2 heterocycles. The summed E-state index contributed by atoms with van der Waals surface area (Å²) < 4.78 is 0. The molecule has 0 fully saturated rings. The number of terminal acetylenes is 1. The van der Waals surface area contributed by atoms with Gasteiger partial charge in [-0.05, 0) is 114 Å². The van der Waals surface area contributed by atoms with Crippen LogP contribution in [0.15, 0.2) is 174 Å². The quantitative estimate of drug-likeness (QED) is 0.105. The molecule has 1 N–H and O–H groups in total. The van der Waals surface area contributed by atoms with E-state index in [4.69, 9.17) is 21.4 Å². The molecule has 0 bridgehead atoms. The van der Waals surface area contributed by atoms with Crippen LogP contribution in [0, 0.1) is 25.2 Å². The molecule has 0 spiro atoms. The molecule has 4 heteroatoms. The summed E-state index contributed by atoms with van der Waals surface area (Å²) >= 11 is 0. The highest BCUT2D eigenvalue weighted by Gasteiger charge is 2.23. The summed E-state index contributed by atoms with van der Waals surface area (Å²) in [5.41, 5.74) is 11.8. The Balaban J connectivity index is 1.36. The van der Waals surface area contributed by atoms with Gasteiger partial charge in [-0.3, -0.25) is 4.98 Å². The van der Waals surface area contributed by atoms with Gasteiger partial charge in [0.25, 0.3) is 0 Å². The van der Waals surface area contributed by atoms with Crippen molar-refractivity contribution in [2.45, 2.75) is 47.7 Å². The van der Waals surface area contributed by atoms with Gasteiger partial charge in [0.1, 0.15) is 12.0 Å². The zero-order valence-corrected chi connectivity index (χ0v) is 34.8. The minimum Gasteiger partial charge on any atom is -0.344 e. The van der Waals surface area contributed by atoms with Crippen LogP contribution in [0.4, 0.5) is 0 Å². The number of amidine groups is 2. The fourth-order valence-corrected chi connectivity index (χ4v) is 7.32. The van der Waals surface area contributed by atoms with Crippen molar-refractivity contribution in [3.63, 3.8) is 0 Å². The van der Waals surface area contributed by atoms with Gasteiger partial charge < -0.3 is 5.32 Å². The van der Waals surface area contributed by atoms with Gasteiger partial charge in [0.05, 0.1) is 5.69 Å². The maximum Gasteiger partial charge on any atom is 0.159 e. The lowest BCUT2D eigenvalue weighted by Gasteiger charge is -2.25. The first kappa shape index (κ1) is 40.1. The molecule has 1 unspecified atom stereocenters. The lowest BCUT2D eigenvalue weighted by Crippen LogP contribution is -2.33. The van der Waals surface area contributed by atoms with Crippen LogP contribution in [0.3, 0.4) is 0 Å². The lowest BCUT2D eigenvalue weighted by atomic mass is 9.90. The summed E-state index contributed by atoms with van der Waals surface area (Å²) in [5.74, 6) is 4.77. The van der Waals surface area contributed by atoms with Crippen LogP contribution in [0.25, 0.3) is 50.0 Å². The summed E-state index contributed by atoms with van der Waals surface area (Å²) in [6.07, 6.45) is 24.6. The predicted molar refractivity (Wildman–Crippen MR) is 254 cm³/mol. The number of pyridine rings is 1. The number of fused-ring (bicyclic) bond motifs is 2. The molecule has 1 aromatic heterocycles.